The molecular formula is C8H16F3NS. The summed E-state index contributed by atoms with van der Waals surface area (Å²) in [5, 5.41) is 2.99. The van der Waals surface area contributed by atoms with E-state index in [1.54, 1.807) is 0 Å². The minimum Gasteiger partial charge on any atom is -0.316 e. The van der Waals surface area contributed by atoms with Gasteiger partial charge in [0.15, 0.2) is 0 Å². The first-order chi connectivity index (χ1) is 5.95. The fraction of sp³-hybridized carbons (Fsp3) is 1.00. The molecule has 0 spiro atoms. The third kappa shape index (κ3) is 10.0. The van der Waals surface area contributed by atoms with Crippen molar-refractivity contribution in [3.63, 3.8) is 0 Å². The molecule has 80 valence electrons. The Morgan fingerprint density at radius 1 is 1.38 bits per heavy atom. The lowest BCUT2D eigenvalue weighted by molar-refractivity contribution is -0.0327. The van der Waals surface area contributed by atoms with Crippen LogP contribution in [0.4, 0.5) is 13.2 Å². The van der Waals surface area contributed by atoms with Crippen LogP contribution in [0, 0.1) is 5.92 Å². The molecule has 0 saturated carbocycles. The van der Waals surface area contributed by atoms with E-state index in [2.05, 4.69) is 19.2 Å². The maximum atomic E-state index is 11.6. The first-order valence-corrected chi connectivity index (χ1v) is 5.35. The molecule has 13 heavy (non-hydrogen) atoms. The van der Waals surface area contributed by atoms with Gasteiger partial charge in [0.05, 0.1) is 0 Å². The van der Waals surface area contributed by atoms with E-state index in [-0.39, 0.29) is 17.5 Å². The second kappa shape index (κ2) is 6.54. The van der Waals surface area contributed by atoms with Crippen molar-refractivity contribution < 1.29 is 13.2 Å². The number of rotatable bonds is 6. The summed E-state index contributed by atoms with van der Waals surface area (Å²) in [6, 6.07) is 0. The predicted octanol–water partition coefficient (Wildman–Crippen LogP) is 2.88. The first-order valence-electron chi connectivity index (χ1n) is 4.37. The molecule has 0 amide bonds. The van der Waals surface area contributed by atoms with E-state index in [1.165, 1.54) is 0 Å². The molecule has 5 heteroatoms. The van der Waals surface area contributed by atoms with Gasteiger partial charge in [-0.3, -0.25) is 0 Å². The third-order valence-electron chi connectivity index (χ3n) is 1.73. The van der Waals surface area contributed by atoms with Gasteiger partial charge in [-0.05, 0) is 24.2 Å². The zero-order valence-corrected chi connectivity index (χ0v) is 8.76. The van der Waals surface area contributed by atoms with Crippen LogP contribution in [0.5, 0.6) is 0 Å². The molecule has 0 radical (unpaired) electrons. The number of thioether (sulfide) groups is 1. The van der Waals surface area contributed by atoms with Crippen molar-refractivity contribution in [2.45, 2.75) is 25.8 Å². The molecule has 1 N–H and O–H groups in total. The fourth-order valence-electron chi connectivity index (χ4n) is 0.732. The van der Waals surface area contributed by atoms with Gasteiger partial charge >= 0.3 is 5.51 Å². The summed E-state index contributed by atoms with van der Waals surface area (Å²) in [5.41, 5.74) is -4.09. The summed E-state index contributed by atoms with van der Waals surface area (Å²) >= 11 is 0.0303. The molecule has 1 unspecified atom stereocenters. The number of halogens is 3. The van der Waals surface area contributed by atoms with Crippen molar-refractivity contribution in [1.29, 1.82) is 0 Å². The Morgan fingerprint density at radius 2 is 2.00 bits per heavy atom. The van der Waals surface area contributed by atoms with Crippen molar-refractivity contribution in [1.82, 2.24) is 5.32 Å². The molecule has 1 atom stereocenters. The van der Waals surface area contributed by atoms with Crippen LogP contribution in [0.25, 0.3) is 0 Å². The zero-order valence-electron chi connectivity index (χ0n) is 7.95. The maximum Gasteiger partial charge on any atom is 0.441 e. The molecule has 0 rings (SSSR count). The van der Waals surface area contributed by atoms with Crippen LogP contribution in [0.1, 0.15) is 20.3 Å². The van der Waals surface area contributed by atoms with Crippen molar-refractivity contribution in [2.75, 3.05) is 18.8 Å². The highest BCUT2D eigenvalue weighted by atomic mass is 32.2. The van der Waals surface area contributed by atoms with Gasteiger partial charge in [0, 0.05) is 12.3 Å². The lowest BCUT2D eigenvalue weighted by atomic mass is 10.1. The minimum atomic E-state index is -4.09. The number of nitrogens with one attached hydrogen (secondary N) is 1. The molecule has 1 nitrogen and oxygen atoms in total. The van der Waals surface area contributed by atoms with Crippen LogP contribution >= 0.6 is 11.8 Å². The van der Waals surface area contributed by atoms with Crippen LogP contribution in [0.3, 0.4) is 0 Å². The summed E-state index contributed by atoms with van der Waals surface area (Å²) in [5.74, 6) is 0.635. The fourth-order valence-corrected chi connectivity index (χ4v) is 1.21. The van der Waals surface area contributed by atoms with Gasteiger partial charge in [-0.1, -0.05) is 20.3 Å². The Bertz CT molecular complexity index is 127. The molecule has 0 bridgehead atoms. The molecule has 0 aliphatic carbocycles. The molecule has 0 fully saturated rings. The molecule has 0 aliphatic heterocycles. The summed E-state index contributed by atoms with van der Waals surface area (Å²) in [6.45, 7) is 5.37. The van der Waals surface area contributed by atoms with Crippen molar-refractivity contribution in [3.05, 3.63) is 0 Å². The lowest BCUT2D eigenvalue weighted by Gasteiger charge is -2.10. The second-order valence-corrected chi connectivity index (χ2v) is 4.17. The van der Waals surface area contributed by atoms with E-state index in [0.717, 1.165) is 13.0 Å². The van der Waals surface area contributed by atoms with Gasteiger partial charge < -0.3 is 5.32 Å². The van der Waals surface area contributed by atoms with E-state index in [4.69, 9.17) is 0 Å². The first kappa shape index (κ1) is 13.1. The highest BCUT2D eigenvalue weighted by Crippen LogP contribution is 2.29. The number of hydrogen-bond donors (Lipinski definition) is 1. The number of alkyl halides is 3. The van der Waals surface area contributed by atoms with E-state index in [9.17, 15) is 13.2 Å². The largest absolute Gasteiger partial charge is 0.441 e. The highest BCUT2D eigenvalue weighted by Gasteiger charge is 2.27. The zero-order chi connectivity index (χ0) is 10.3. The average molecular weight is 215 g/mol. The number of hydrogen-bond acceptors (Lipinski definition) is 2. The lowest BCUT2D eigenvalue weighted by Crippen LogP contribution is -2.24. The Morgan fingerprint density at radius 3 is 2.46 bits per heavy atom. The Hall–Kier alpha value is 0.100. The molecular weight excluding hydrogens is 199 g/mol. The molecule has 0 aromatic heterocycles. The van der Waals surface area contributed by atoms with Crippen LogP contribution in [-0.4, -0.2) is 24.4 Å². The second-order valence-electron chi connectivity index (χ2n) is 3.01. The predicted molar refractivity (Wildman–Crippen MR) is 50.8 cm³/mol. The van der Waals surface area contributed by atoms with Crippen molar-refractivity contribution in [3.8, 4) is 0 Å². The van der Waals surface area contributed by atoms with Gasteiger partial charge in [0.25, 0.3) is 0 Å². The Balaban J connectivity index is 3.18. The average Bonchev–Trinajstić information content (AvgIpc) is 2.01. The van der Waals surface area contributed by atoms with Gasteiger partial charge in [-0.2, -0.15) is 13.2 Å². The Kier molecular flexibility index (Phi) is 6.59. The third-order valence-corrected chi connectivity index (χ3v) is 2.47. The van der Waals surface area contributed by atoms with Crippen molar-refractivity contribution >= 4 is 11.8 Å². The van der Waals surface area contributed by atoms with Crippen molar-refractivity contribution in [2.24, 2.45) is 5.92 Å². The molecule has 0 aromatic rings. The van der Waals surface area contributed by atoms with E-state index < -0.39 is 5.51 Å². The standard InChI is InChI=1S/C8H16F3NS/c1-3-7(2)6-12-4-5-13-8(9,10)11/h7,12H,3-6H2,1-2H3. The Labute approximate surface area is 81.5 Å². The van der Waals surface area contributed by atoms with Crippen LogP contribution < -0.4 is 5.32 Å². The van der Waals surface area contributed by atoms with Crippen LogP contribution in [-0.2, 0) is 0 Å². The maximum absolute atomic E-state index is 11.6. The highest BCUT2D eigenvalue weighted by molar-refractivity contribution is 8.00. The molecule has 0 heterocycles. The molecule has 0 aliphatic rings. The van der Waals surface area contributed by atoms with Gasteiger partial charge in [0.2, 0.25) is 0 Å². The summed E-state index contributed by atoms with van der Waals surface area (Å²) in [7, 11) is 0. The van der Waals surface area contributed by atoms with Gasteiger partial charge in [-0.15, -0.1) is 0 Å². The SMILES string of the molecule is CCC(C)CNCCSC(F)(F)F. The topological polar surface area (TPSA) is 12.0 Å². The quantitative estimate of drug-likeness (QED) is 0.684. The van der Waals surface area contributed by atoms with Gasteiger partial charge in [0.1, 0.15) is 0 Å². The smallest absolute Gasteiger partial charge is 0.316 e. The molecule has 0 aromatic carbocycles. The van der Waals surface area contributed by atoms with Crippen LogP contribution in [0.15, 0.2) is 0 Å². The normalized spacial score (nSPS) is 14.5. The van der Waals surface area contributed by atoms with E-state index >= 15 is 0 Å². The van der Waals surface area contributed by atoms with E-state index in [0.29, 0.717) is 12.5 Å². The summed E-state index contributed by atoms with van der Waals surface area (Å²) in [6.07, 6.45) is 1.05. The van der Waals surface area contributed by atoms with Crippen LogP contribution in [0.2, 0.25) is 0 Å². The van der Waals surface area contributed by atoms with Gasteiger partial charge in [-0.25, -0.2) is 0 Å². The monoisotopic (exact) mass is 215 g/mol. The summed E-state index contributed by atoms with van der Waals surface area (Å²) in [4.78, 5) is 0. The molecule has 0 saturated heterocycles. The minimum absolute atomic E-state index is 0.0303. The van der Waals surface area contributed by atoms with E-state index in [1.807, 2.05) is 0 Å². The summed E-state index contributed by atoms with van der Waals surface area (Å²) < 4.78 is 34.9.